The van der Waals surface area contributed by atoms with Gasteiger partial charge >= 0.3 is 0 Å². The number of benzene rings is 1. The third-order valence-electron chi connectivity index (χ3n) is 2.50. The molecule has 17 heavy (non-hydrogen) atoms. The predicted octanol–water partition coefficient (Wildman–Crippen LogP) is 3.05. The summed E-state index contributed by atoms with van der Waals surface area (Å²) in [6, 6.07) is 6.24. The molecule has 0 spiro atoms. The van der Waals surface area contributed by atoms with Gasteiger partial charge in [0, 0.05) is 12.6 Å². The topological polar surface area (TPSA) is 29.1 Å². The highest BCUT2D eigenvalue weighted by molar-refractivity contribution is 5.87. The third kappa shape index (κ3) is 4.68. The summed E-state index contributed by atoms with van der Waals surface area (Å²) in [5.41, 5.74) is 3.61. The molecular formula is C15H19NO. The van der Waals surface area contributed by atoms with E-state index < -0.39 is 0 Å². The van der Waals surface area contributed by atoms with Gasteiger partial charge in [0.15, 0.2) is 0 Å². The number of nitrogens with one attached hydrogen (secondary N) is 1. The Balaban J connectivity index is 2.53. The molecule has 1 aromatic carbocycles. The van der Waals surface area contributed by atoms with Crippen molar-refractivity contribution in [3.05, 3.63) is 59.2 Å². The van der Waals surface area contributed by atoms with Crippen molar-refractivity contribution in [3.8, 4) is 0 Å². The molecule has 0 bridgehead atoms. The van der Waals surface area contributed by atoms with Gasteiger partial charge in [-0.3, -0.25) is 4.79 Å². The van der Waals surface area contributed by atoms with Gasteiger partial charge in [0.25, 0.3) is 0 Å². The maximum atomic E-state index is 11.4. The molecule has 2 nitrogen and oxygen atoms in total. The Morgan fingerprint density at radius 2 is 2.06 bits per heavy atom. The monoisotopic (exact) mass is 229 g/mol. The molecule has 0 aromatic heterocycles. The maximum absolute atomic E-state index is 11.4. The van der Waals surface area contributed by atoms with Crippen molar-refractivity contribution >= 4 is 5.91 Å². The molecule has 0 unspecified atom stereocenters. The van der Waals surface area contributed by atoms with Crippen LogP contribution >= 0.6 is 0 Å². The summed E-state index contributed by atoms with van der Waals surface area (Å²) >= 11 is 0. The van der Waals surface area contributed by atoms with E-state index in [4.69, 9.17) is 0 Å². The SMILES string of the molecule is C/C=C/C=C/C(=O)NCc1ccc(C)cc1C. The fourth-order valence-corrected chi connectivity index (χ4v) is 1.54. The minimum absolute atomic E-state index is 0.0666. The van der Waals surface area contributed by atoms with Gasteiger partial charge in [-0.25, -0.2) is 0 Å². The standard InChI is InChI=1S/C15H19NO/c1-4-5-6-7-15(17)16-11-14-9-8-12(2)10-13(14)3/h4-10H,11H2,1-3H3,(H,16,17)/b5-4+,7-6+. The van der Waals surface area contributed by atoms with Gasteiger partial charge in [0.2, 0.25) is 5.91 Å². The van der Waals surface area contributed by atoms with E-state index in [0.29, 0.717) is 6.54 Å². The Bertz CT molecular complexity index is 444. The van der Waals surface area contributed by atoms with Gasteiger partial charge in [-0.05, 0) is 31.9 Å². The van der Waals surface area contributed by atoms with Crippen LogP contribution in [0.25, 0.3) is 0 Å². The van der Waals surface area contributed by atoms with E-state index in [-0.39, 0.29) is 5.91 Å². The summed E-state index contributed by atoms with van der Waals surface area (Å²) in [6.45, 7) is 6.61. The molecule has 0 fully saturated rings. The fourth-order valence-electron chi connectivity index (χ4n) is 1.54. The number of aryl methyl sites for hydroxylation is 2. The second-order valence-electron chi connectivity index (χ2n) is 4.03. The summed E-state index contributed by atoms with van der Waals surface area (Å²) in [7, 11) is 0. The van der Waals surface area contributed by atoms with Crippen LogP contribution in [0.4, 0.5) is 0 Å². The Morgan fingerprint density at radius 1 is 1.29 bits per heavy atom. The van der Waals surface area contributed by atoms with Crippen molar-refractivity contribution < 1.29 is 4.79 Å². The number of hydrogen-bond donors (Lipinski definition) is 1. The zero-order valence-electron chi connectivity index (χ0n) is 10.7. The first-order valence-corrected chi connectivity index (χ1v) is 5.77. The molecule has 2 heteroatoms. The number of carbonyl (C=O) groups excluding carboxylic acids is 1. The first-order valence-electron chi connectivity index (χ1n) is 5.77. The van der Waals surface area contributed by atoms with E-state index in [2.05, 4.69) is 37.4 Å². The molecule has 0 atom stereocenters. The first kappa shape index (κ1) is 13.2. The lowest BCUT2D eigenvalue weighted by molar-refractivity contribution is -0.116. The predicted molar refractivity (Wildman–Crippen MR) is 71.7 cm³/mol. The van der Waals surface area contributed by atoms with Gasteiger partial charge in [0.1, 0.15) is 0 Å². The molecule has 0 heterocycles. The number of hydrogen-bond acceptors (Lipinski definition) is 1. The van der Waals surface area contributed by atoms with Crippen molar-refractivity contribution in [2.75, 3.05) is 0 Å². The third-order valence-corrected chi connectivity index (χ3v) is 2.50. The summed E-state index contributed by atoms with van der Waals surface area (Å²) in [6.07, 6.45) is 6.98. The van der Waals surface area contributed by atoms with E-state index in [9.17, 15) is 4.79 Å². The molecule has 1 rings (SSSR count). The van der Waals surface area contributed by atoms with Crippen molar-refractivity contribution in [2.24, 2.45) is 0 Å². The summed E-state index contributed by atoms with van der Waals surface area (Å²) in [5, 5.41) is 2.86. The molecule has 0 saturated heterocycles. The van der Waals surface area contributed by atoms with Crippen LogP contribution in [0.1, 0.15) is 23.6 Å². The van der Waals surface area contributed by atoms with E-state index in [0.717, 1.165) is 5.56 Å². The Hall–Kier alpha value is -1.83. The molecule has 0 aliphatic carbocycles. The minimum Gasteiger partial charge on any atom is -0.348 e. The summed E-state index contributed by atoms with van der Waals surface area (Å²) in [4.78, 5) is 11.4. The number of rotatable bonds is 4. The first-order chi connectivity index (χ1) is 8.13. The average Bonchev–Trinajstić information content (AvgIpc) is 2.28. The Labute approximate surface area is 103 Å². The number of amides is 1. The second kappa shape index (κ2) is 6.69. The number of carbonyl (C=O) groups is 1. The highest BCUT2D eigenvalue weighted by Crippen LogP contribution is 2.09. The van der Waals surface area contributed by atoms with Crippen LogP contribution in [0.3, 0.4) is 0 Å². The Morgan fingerprint density at radius 3 is 2.71 bits per heavy atom. The molecule has 0 radical (unpaired) electrons. The smallest absolute Gasteiger partial charge is 0.244 e. The lowest BCUT2D eigenvalue weighted by Crippen LogP contribution is -2.20. The highest BCUT2D eigenvalue weighted by atomic mass is 16.1. The van der Waals surface area contributed by atoms with Crippen molar-refractivity contribution in [1.29, 1.82) is 0 Å². The van der Waals surface area contributed by atoms with Crippen molar-refractivity contribution in [1.82, 2.24) is 5.32 Å². The largest absolute Gasteiger partial charge is 0.348 e. The minimum atomic E-state index is -0.0666. The highest BCUT2D eigenvalue weighted by Gasteiger charge is 1.99. The van der Waals surface area contributed by atoms with E-state index in [1.807, 2.05) is 19.1 Å². The normalized spacial score (nSPS) is 11.2. The Kier molecular flexibility index (Phi) is 5.21. The molecule has 1 N–H and O–H groups in total. The quantitative estimate of drug-likeness (QED) is 0.624. The van der Waals surface area contributed by atoms with Crippen molar-refractivity contribution in [3.63, 3.8) is 0 Å². The molecule has 0 aliphatic rings. The number of allylic oxidation sites excluding steroid dienone is 3. The van der Waals surface area contributed by atoms with Crippen LogP contribution in [0.5, 0.6) is 0 Å². The lowest BCUT2D eigenvalue weighted by Gasteiger charge is -2.07. The van der Waals surface area contributed by atoms with Crippen LogP contribution in [0.15, 0.2) is 42.5 Å². The van der Waals surface area contributed by atoms with E-state index in [1.165, 1.54) is 17.2 Å². The van der Waals surface area contributed by atoms with Crippen molar-refractivity contribution in [2.45, 2.75) is 27.3 Å². The van der Waals surface area contributed by atoms with Crippen LogP contribution in [-0.4, -0.2) is 5.91 Å². The molecule has 0 saturated carbocycles. The van der Waals surface area contributed by atoms with Gasteiger partial charge in [0.05, 0.1) is 0 Å². The van der Waals surface area contributed by atoms with Gasteiger partial charge in [-0.2, -0.15) is 0 Å². The molecule has 1 aromatic rings. The van der Waals surface area contributed by atoms with Gasteiger partial charge < -0.3 is 5.32 Å². The average molecular weight is 229 g/mol. The van der Waals surface area contributed by atoms with E-state index in [1.54, 1.807) is 6.08 Å². The molecule has 90 valence electrons. The van der Waals surface area contributed by atoms with Crippen LogP contribution in [-0.2, 0) is 11.3 Å². The molecular weight excluding hydrogens is 210 g/mol. The lowest BCUT2D eigenvalue weighted by atomic mass is 10.1. The van der Waals surface area contributed by atoms with Gasteiger partial charge in [-0.1, -0.05) is 42.0 Å². The second-order valence-corrected chi connectivity index (χ2v) is 4.03. The van der Waals surface area contributed by atoms with Gasteiger partial charge in [-0.15, -0.1) is 0 Å². The van der Waals surface area contributed by atoms with Crippen LogP contribution in [0, 0.1) is 13.8 Å². The zero-order valence-corrected chi connectivity index (χ0v) is 10.7. The van der Waals surface area contributed by atoms with Crippen LogP contribution < -0.4 is 5.32 Å². The fraction of sp³-hybridized carbons (Fsp3) is 0.267. The maximum Gasteiger partial charge on any atom is 0.244 e. The zero-order chi connectivity index (χ0) is 12.7. The molecule has 1 amide bonds. The molecule has 0 aliphatic heterocycles. The van der Waals surface area contributed by atoms with E-state index >= 15 is 0 Å². The summed E-state index contributed by atoms with van der Waals surface area (Å²) in [5.74, 6) is -0.0666. The van der Waals surface area contributed by atoms with Crippen LogP contribution in [0.2, 0.25) is 0 Å². The summed E-state index contributed by atoms with van der Waals surface area (Å²) < 4.78 is 0.